The van der Waals surface area contributed by atoms with E-state index in [-0.39, 0.29) is 30.4 Å². The Hall–Kier alpha value is -5.16. The highest BCUT2D eigenvalue weighted by Gasteiger charge is 2.42. The fourth-order valence-corrected chi connectivity index (χ4v) is 5.71. The van der Waals surface area contributed by atoms with Crippen LogP contribution in [0.25, 0.3) is 0 Å². The lowest BCUT2D eigenvalue weighted by Gasteiger charge is -2.40. The van der Waals surface area contributed by atoms with Gasteiger partial charge in [0.1, 0.15) is 11.8 Å². The van der Waals surface area contributed by atoms with Crippen LogP contribution in [0.2, 0.25) is 0 Å². The number of ether oxygens (including phenoxy) is 1. The maximum absolute atomic E-state index is 13.8. The molecule has 0 heterocycles. The van der Waals surface area contributed by atoms with E-state index in [0.29, 0.717) is 37.1 Å². The second kappa shape index (κ2) is 19.1. The molecular weight excluding hydrogens is 630 g/mol. The number of hydrogen-bond acceptors (Lipinski definition) is 6. The molecule has 0 saturated heterocycles. The minimum atomic E-state index is -0.841. The topological polar surface area (TPSA) is 155 Å². The molecule has 0 bridgehead atoms. The molecule has 268 valence electrons. The molecule has 0 aliphatic rings. The zero-order chi connectivity index (χ0) is 36.7. The van der Waals surface area contributed by atoms with Crippen molar-refractivity contribution in [1.29, 1.82) is 0 Å². The maximum atomic E-state index is 13.8. The van der Waals surface area contributed by atoms with Crippen molar-refractivity contribution < 1.29 is 19.1 Å². The van der Waals surface area contributed by atoms with Gasteiger partial charge >= 0.3 is 6.09 Å². The van der Waals surface area contributed by atoms with Crippen LogP contribution in [0.5, 0.6) is 0 Å². The fourth-order valence-electron chi connectivity index (χ4n) is 5.71. The van der Waals surface area contributed by atoms with Crippen LogP contribution >= 0.6 is 0 Å². The predicted octanol–water partition coefficient (Wildman–Crippen LogP) is 4.64. The number of guanidine groups is 1. The van der Waals surface area contributed by atoms with Gasteiger partial charge in [-0.2, -0.15) is 0 Å². The van der Waals surface area contributed by atoms with Gasteiger partial charge in [0.15, 0.2) is 5.96 Å². The standard InChI is InChI=1S/C39H53N7O4/c1-7-34(39(26-28(2)45(4)5,31-20-13-9-14-21-31)32-22-15-10-16-23-32)50-38(49)46(6)29(3)27-43-36(48)33(24-17-25-42-37(40)41)44-35(47)30-18-11-8-12-19-30/h7-16,18-23,28-29,33H,17,24-27H2,1-6H3,(H,43,48)(H,44,47)(H4,40,41,42)/b34-7-/t28-,29?,33+/m1/s1. The number of allylic oxidation sites excluding steroid dienone is 2. The molecule has 3 aromatic rings. The molecule has 1 unspecified atom stereocenters. The summed E-state index contributed by atoms with van der Waals surface area (Å²) < 4.78 is 6.31. The summed E-state index contributed by atoms with van der Waals surface area (Å²) in [7, 11) is 5.72. The predicted molar refractivity (Wildman–Crippen MR) is 200 cm³/mol. The van der Waals surface area contributed by atoms with E-state index < -0.39 is 23.6 Å². The summed E-state index contributed by atoms with van der Waals surface area (Å²) in [6.45, 7) is 6.30. The van der Waals surface area contributed by atoms with E-state index in [4.69, 9.17) is 16.2 Å². The van der Waals surface area contributed by atoms with Gasteiger partial charge in [-0.3, -0.25) is 14.6 Å². The third kappa shape index (κ3) is 10.7. The van der Waals surface area contributed by atoms with E-state index in [0.717, 1.165) is 11.1 Å². The van der Waals surface area contributed by atoms with E-state index in [1.165, 1.54) is 4.90 Å². The van der Waals surface area contributed by atoms with Crippen LogP contribution in [-0.2, 0) is 14.9 Å². The number of likely N-dealkylation sites (N-methyl/N-ethyl adjacent to an activating group) is 1. The number of nitrogens with two attached hydrogens (primary N) is 2. The van der Waals surface area contributed by atoms with Gasteiger partial charge in [0.05, 0.1) is 5.41 Å². The second-order valence-electron chi connectivity index (χ2n) is 12.7. The van der Waals surface area contributed by atoms with Crippen molar-refractivity contribution in [2.45, 2.75) is 63.6 Å². The zero-order valence-corrected chi connectivity index (χ0v) is 30.1. The normalized spacial score (nSPS) is 13.5. The van der Waals surface area contributed by atoms with Crippen LogP contribution in [0.1, 0.15) is 61.5 Å². The molecule has 0 aliphatic heterocycles. The van der Waals surface area contributed by atoms with E-state index in [9.17, 15) is 14.4 Å². The van der Waals surface area contributed by atoms with E-state index in [2.05, 4.69) is 51.7 Å². The number of aliphatic imine (C=N–C) groups is 1. The molecule has 6 N–H and O–H groups in total. The van der Waals surface area contributed by atoms with Crippen LogP contribution in [0.15, 0.2) is 108 Å². The smallest absolute Gasteiger partial charge is 0.414 e. The van der Waals surface area contributed by atoms with Crippen LogP contribution in [0.4, 0.5) is 4.79 Å². The van der Waals surface area contributed by atoms with E-state index >= 15 is 0 Å². The number of benzene rings is 3. The molecule has 11 heteroatoms. The number of amides is 3. The summed E-state index contributed by atoms with van der Waals surface area (Å²) >= 11 is 0. The van der Waals surface area contributed by atoms with Crippen LogP contribution in [-0.4, -0.2) is 86.0 Å². The molecule has 3 rings (SSSR count). The van der Waals surface area contributed by atoms with Crippen molar-refractivity contribution in [3.63, 3.8) is 0 Å². The van der Waals surface area contributed by atoms with Crippen molar-refractivity contribution >= 4 is 23.9 Å². The Morgan fingerprint density at radius 2 is 1.40 bits per heavy atom. The highest BCUT2D eigenvalue weighted by atomic mass is 16.6. The van der Waals surface area contributed by atoms with Gasteiger partial charge in [0.25, 0.3) is 5.91 Å². The number of carbonyl (C=O) groups is 3. The second-order valence-corrected chi connectivity index (χ2v) is 12.7. The van der Waals surface area contributed by atoms with Crippen molar-refractivity contribution in [3.05, 3.63) is 120 Å². The largest absolute Gasteiger partial charge is 0.414 e. The summed E-state index contributed by atoms with van der Waals surface area (Å²) in [6, 6.07) is 27.7. The maximum Gasteiger partial charge on any atom is 0.414 e. The third-order valence-corrected chi connectivity index (χ3v) is 9.02. The van der Waals surface area contributed by atoms with Crippen molar-refractivity contribution in [2.75, 3.05) is 34.2 Å². The van der Waals surface area contributed by atoms with Gasteiger partial charge < -0.3 is 36.6 Å². The van der Waals surface area contributed by atoms with Crippen LogP contribution < -0.4 is 22.1 Å². The van der Waals surface area contributed by atoms with Gasteiger partial charge in [0, 0.05) is 37.8 Å². The Morgan fingerprint density at radius 1 is 0.860 bits per heavy atom. The van der Waals surface area contributed by atoms with Crippen LogP contribution in [0, 0.1) is 0 Å². The summed E-state index contributed by atoms with van der Waals surface area (Å²) in [5.74, 6) is -0.280. The number of nitrogens with one attached hydrogen (secondary N) is 2. The molecule has 0 aliphatic carbocycles. The molecule has 3 atom stereocenters. The van der Waals surface area contributed by atoms with Crippen molar-refractivity contribution in [1.82, 2.24) is 20.4 Å². The van der Waals surface area contributed by atoms with E-state index in [1.807, 2.05) is 76.5 Å². The molecule has 0 aromatic heterocycles. The summed E-state index contributed by atoms with van der Waals surface area (Å²) in [6.07, 6.45) is 2.73. The molecule has 0 radical (unpaired) electrons. The Kier molecular flexibility index (Phi) is 15.0. The average molecular weight is 684 g/mol. The number of nitrogens with zero attached hydrogens (tertiary/aromatic N) is 3. The summed E-state index contributed by atoms with van der Waals surface area (Å²) in [4.78, 5) is 47.8. The van der Waals surface area contributed by atoms with Crippen LogP contribution in [0.3, 0.4) is 0 Å². The Balaban J connectivity index is 1.79. The minimum absolute atomic E-state index is 0.0406. The third-order valence-electron chi connectivity index (χ3n) is 9.02. The van der Waals surface area contributed by atoms with Gasteiger partial charge in [-0.15, -0.1) is 0 Å². The Labute approximate surface area is 296 Å². The first-order valence-corrected chi connectivity index (χ1v) is 17.0. The molecule has 0 spiro atoms. The van der Waals surface area contributed by atoms with Gasteiger partial charge in [-0.05, 0) is 83.5 Å². The first-order valence-electron chi connectivity index (χ1n) is 17.0. The lowest BCUT2D eigenvalue weighted by molar-refractivity contribution is -0.123. The first kappa shape index (κ1) is 39.3. The molecule has 3 aromatic carbocycles. The molecular formula is C39H53N7O4. The quantitative estimate of drug-likeness (QED) is 0.0699. The lowest BCUT2D eigenvalue weighted by Crippen LogP contribution is -2.50. The summed E-state index contributed by atoms with van der Waals surface area (Å²) in [5.41, 5.74) is 12.6. The SMILES string of the molecule is C/C=C(\OC(=O)N(C)C(C)CNC(=O)[C@H](CCCN=C(N)N)NC(=O)c1ccccc1)C(C[C@@H](C)N(C)C)(c1ccccc1)c1ccccc1. The molecule has 3 amide bonds. The number of carbonyl (C=O) groups excluding carboxylic acids is 3. The van der Waals surface area contributed by atoms with Crippen molar-refractivity contribution in [3.8, 4) is 0 Å². The Morgan fingerprint density at radius 3 is 1.90 bits per heavy atom. The average Bonchev–Trinajstić information content (AvgIpc) is 3.13. The number of hydrogen-bond donors (Lipinski definition) is 4. The fraction of sp³-hybridized carbons (Fsp3) is 0.385. The van der Waals surface area contributed by atoms with Gasteiger partial charge in [-0.1, -0.05) is 78.9 Å². The zero-order valence-electron chi connectivity index (χ0n) is 30.1. The monoisotopic (exact) mass is 683 g/mol. The first-order chi connectivity index (χ1) is 23.9. The van der Waals surface area contributed by atoms with Crippen molar-refractivity contribution in [2.24, 2.45) is 16.5 Å². The molecule has 11 nitrogen and oxygen atoms in total. The highest BCUT2D eigenvalue weighted by molar-refractivity contribution is 5.97. The molecule has 0 fully saturated rings. The lowest BCUT2D eigenvalue weighted by atomic mass is 9.68. The highest BCUT2D eigenvalue weighted by Crippen LogP contribution is 2.44. The minimum Gasteiger partial charge on any atom is -0.414 e. The van der Waals surface area contributed by atoms with E-state index in [1.54, 1.807) is 31.3 Å². The summed E-state index contributed by atoms with van der Waals surface area (Å²) in [5, 5.41) is 5.73. The Bertz CT molecular complexity index is 1540. The molecule has 0 saturated carbocycles. The van der Waals surface area contributed by atoms with Gasteiger partial charge in [0.2, 0.25) is 5.91 Å². The van der Waals surface area contributed by atoms with Gasteiger partial charge in [-0.25, -0.2) is 4.79 Å². The number of rotatable bonds is 17. The molecule has 50 heavy (non-hydrogen) atoms.